The van der Waals surface area contributed by atoms with Crippen LogP contribution in [0.2, 0.25) is 0 Å². The summed E-state index contributed by atoms with van der Waals surface area (Å²) in [5.41, 5.74) is 2.13. The summed E-state index contributed by atoms with van der Waals surface area (Å²) in [5.74, 6) is 1.27. The number of hydrogen-bond donors (Lipinski definition) is 3. The Kier molecular flexibility index (Phi) is 6.05. The lowest BCUT2D eigenvalue weighted by molar-refractivity contribution is 0.147. The molecule has 0 aliphatic carbocycles. The van der Waals surface area contributed by atoms with E-state index in [0.717, 1.165) is 16.9 Å². The van der Waals surface area contributed by atoms with Gasteiger partial charge in [0.25, 0.3) is 0 Å². The molecule has 2 rings (SSSR count). The first kappa shape index (κ1) is 16.9. The number of furan rings is 1. The predicted molar refractivity (Wildman–Crippen MR) is 86.5 cm³/mol. The second-order valence-electron chi connectivity index (χ2n) is 5.24. The smallest absolute Gasteiger partial charge is 0.315 e. The standard InChI is InChI=1S/C17H22N2O4/c1-12-5-3-6-13(2)16(12)23-10-8-18-17(21)19-11-14(20)15-7-4-9-22-15/h3-7,9,14,20H,8,10-11H2,1-2H3,(H2,18,19,21). The van der Waals surface area contributed by atoms with Gasteiger partial charge in [-0.2, -0.15) is 0 Å². The highest BCUT2D eigenvalue weighted by Crippen LogP contribution is 2.21. The quantitative estimate of drug-likeness (QED) is 0.684. The van der Waals surface area contributed by atoms with E-state index in [4.69, 9.17) is 9.15 Å². The first-order chi connectivity index (χ1) is 11.1. The molecule has 0 saturated carbocycles. The SMILES string of the molecule is Cc1cccc(C)c1OCCNC(=O)NCC(O)c1ccco1. The zero-order chi connectivity index (χ0) is 16.7. The molecule has 1 aromatic heterocycles. The summed E-state index contributed by atoms with van der Waals surface area (Å²) in [4.78, 5) is 11.6. The maximum atomic E-state index is 11.6. The molecule has 124 valence electrons. The number of ether oxygens (including phenoxy) is 1. The van der Waals surface area contributed by atoms with E-state index in [9.17, 15) is 9.90 Å². The molecule has 1 atom stereocenters. The van der Waals surface area contributed by atoms with Gasteiger partial charge in [0.05, 0.1) is 19.4 Å². The maximum Gasteiger partial charge on any atom is 0.315 e. The van der Waals surface area contributed by atoms with Crippen LogP contribution in [0.3, 0.4) is 0 Å². The fraction of sp³-hybridized carbons (Fsp3) is 0.353. The Bertz CT molecular complexity index is 605. The lowest BCUT2D eigenvalue weighted by atomic mass is 10.1. The van der Waals surface area contributed by atoms with Gasteiger partial charge in [-0.1, -0.05) is 18.2 Å². The number of carbonyl (C=O) groups excluding carboxylic acids is 1. The van der Waals surface area contributed by atoms with Gasteiger partial charge in [-0.3, -0.25) is 0 Å². The highest BCUT2D eigenvalue weighted by molar-refractivity contribution is 5.73. The molecule has 2 aromatic rings. The highest BCUT2D eigenvalue weighted by Gasteiger charge is 2.11. The van der Waals surface area contributed by atoms with Crippen LogP contribution in [-0.2, 0) is 0 Å². The van der Waals surface area contributed by atoms with E-state index >= 15 is 0 Å². The zero-order valence-electron chi connectivity index (χ0n) is 13.3. The number of para-hydroxylation sites is 1. The van der Waals surface area contributed by atoms with Crippen LogP contribution in [0.25, 0.3) is 0 Å². The Hall–Kier alpha value is -2.47. The van der Waals surface area contributed by atoms with E-state index in [2.05, 4.69) is 10.6 Å². The molecule has 0 aliphatic rings. The van der Waals surface area contributed by atoms with Crippen LogP contribution < -0.4 is 15.4 Å². The monoisotopic (exact) mass is 318 g/mol. The van der Waals surface area contributed by atoms with Gasteiger partial charge in [0, 0.05) is 0 Å². The molecular weight excluding hydrogens is 296 g/mol. The van der Waals surface area contributed by atoms with Crippen LogP contribution in [0.1, 0.15) is 23.0 Å². The number of aliphatic hydroxyl groups excluding tert-OH is 1. The van der Waals surface area contributed by atoms with Crippen molar-refractivity contribution < 1.29 is 19.1 Å². The van der Waals surface area contributed by atoms with Crippen LogP contribution in [-0.4, -0.2) is 30.8 Å². The number of hydrogen-bond acceptors (Lipinski definition) is 4. The number of carbonyl (C=O) groups is 1. The average Bonchev–Trinajstić information content (AvgIpc) is 3.06. The lowest BCUT2D eigenvalue weighted by Crippen LogP contribution is -2.39. The fourth-order valence-electron chi connectivity index (χ4n) is 2.18. The summed E-state index contributed by atoms with van der Waals surface area (Å²) >= 11 is 0. The van der Waals surface area contributed by atoms with E-state index in [1.165, 1.54) is 6.26 Å². The first-order valence-corrected chi connectivity index (χ1v) is 7.50. The molecule has 6 heteroatoms. The molecule has 0 saturated heterocycles. The lowest BCUT2D eigenvalue weighted by Gasteiger charge is -2.13. The fourth-order valence-corrected chi connectivity index (χ4v) is 2.18. The first-order valence-electron chi connectivity index (χ1n) is 7.50. The second-order valence-corrected chi connectivity index (χ2v) is 5.24. The number of amides is 2. The number of benzene rings is 1. The highest BCUT2D eigenvalue weighted by atomic mass is 16.5. The maximum absolute atomic E-state index is 11.6. The van der Waals surface area contributed by atoms with Crippen molar-refractivity contribution in [3.8, 4) is 5.75 Å². The zero-order valence-corrected chi connectivity index (χ0v) is 13.3. The summed E-state index contributed by atoms with van der Waals surface area (Å²) in [6.07, 6.45) is 0.616. The molecule has 2 amide bonds. The molecule has 6 nitrogen and oxygen atoms in total. The summed E-state index contributed by atoms with van der Waals surface area (Å²) in [5, 5.41) is 15.0. The third-order valence-electron chi connectivity index (χ3n) is 3.37. The van der Waals surface area contributed by atoms with Crippen molar-refractivity contribution in [2.24, 2.45) is 0 Å². The molecule has 1 unspecified atom stereocenters. The Morgan fingerprint density at radius 2 is 1.96 bits per heavy atom. The van der Waals surface area contributed by atoms with Crippen LogP contribution in [0, 0.1) is 13.8 Å². The normalized spacial score (nSPS) is 11.8. The molecular formula is C17H22N2O4. The van der Waals surface area contributed by atoms with Crippen molar-refractivity contribution in [3.05, 3.63) is 53.5 Å². The van der Waals surface area contributed by atoms with E-state index in [-0.39, 0.29) is 12.6 Å². The van der Waals surface area contributed by atoms with Crippen molar-refractivity contribution in [1.82, 2.24) is 10.6 Å². The van der Waals surface area contributed by atoms with Crippen LogP contribution in [0.4, 0.5) is 4.79 Å². The van der Waals surface area contributed by atoms with Gasteiger partial charge in [-0.05, 0) is 37.1 Å². The third kappa shape index (κ3) is 5.03. The van der Waals surface area contributed by atoms with E-state index in [0.29, 0.717) is 18.9 Å². The van der Waals surface area contributed by atoms with Crippen LogP contribution in [0.15, 0.2) is 41.0 Å². The number of urea groups is 1. The Labute approximate surface area is 135 Å². The van der Waals surface area contributed by atoms with Gasteiger partial charge in [0.1, 0.15) is 24.2 Å². The number of nitrogens with one attached hydrogen (secondary N) is 2. The Morgan fingerprint density at radius 3 is 2.61 bits per heavy atom. The van der Waals surface area contributed by atoms with Gasteiger partial charge >= 0.3 is 6.03 Å². The van der Waals surface area contributed by atoms with Crippen molar-refractivity contribution in [2.45, 2.75) is 20.0 Å². The van der Waals surface area contributed by atoms with Gasteiger partial charge in [-0.15, -0.1) is 0 Å². The third-order valence-corrected chi connectivity index (χ3v) is 3.37. The predicted octanol–water partition coefficient (Wildman–Crippen LogP) is 2.31. The molecule has 0 radical (unpaired) electrons. The van der Waals surface area contributed by atoms with Gasteiger partial charge in [-0.25, -0.2) is 4.79 Å². The van der Waals surface area contributed by atoms with Crippen molar-refractivity contribution >= 4 is 6.03 Å². The average molecular weight is 318 g/mol. The van der Waals surface area contributed by atoms with Crippen molar-refractivity contribution in [1.29, 1.82) is 0 Å². The topological polar surface area (TPSA) is 83.7 Å². The minimum atomic E-state index is -0.860. The minimum Gasteiger partial charge on any atom is -0.491 e. The molecule has 0 aliphatic heterocycles. The summed E-state index contributed by atoms with van der Waals surface area (Å²) < 4.78 is 10.8. The molecule has 23 heavy (non-hydrogen) atoms. The van der Waals surface area contributed by atoms with Gasteiger partial charge in [0.15, 0.2) is 0 Å². The van der Waals surface area contributed by atoms with Gasteiger partial charge in [0.2, 0.25) is 0 Å². The number of rotatable bonds is 7. The van der Waals surface area contributed by atoms with Crippen LogP contribution in [0.5, 0.6) is 5.75 Å². The van der Waals surface area contributed by atoms with E-state index in [1.807, 2.05) is 32.0 Å². The molecule has 1 heterocycles. The molecule has 3 N–H and O–H groups in total. The van der Waals surface area contributed by atoms with E-state index in [1.54, 1.807) is 12.1 Å². The Morgan fingerprint density at radius 1 is 1.22 bits per heavy atom. The summed E-state index contributed by atoms with van der Waals surface area (Å²) in [7, 11) is 0. The van der Waals surface area contributed by atoms with Crippen LogP contribution >= 0.6 is 0 Å². The van der Waals surface area contributed by atoms with Crippen molar-refractivity contribution in [2.75, 3.05) is 19.7 Å². The largest absolute Gasteiger partial charge is 0.491 e. The van der Waals surface area contributed by atoms with E-state index < -0.39 is 6.10 Å². The van der Waals surface area contributed by atoms with Crippen molar-refractivity contribution in [3.63, 3.8) is 0 Å². The Balaban J connectivity index is 1.65. The molecule has 1 aromatic carbocycles. The second kappa shape index (κ2) is 8.24. The summed E-state index contributed by atoms with van der Waals surface area (Å²) in [6.45, 7) is 4.80. The molecule has 0 spiro atoms. The number of aryl methyl sites for hydroxylation is 2. The minimum absolute atomic E-state index is 0.0805. The van der Waals surface area contributed by atoms with Gasteiger partial charge < -0.3 is 24.9 Å². The molecule has 0 bridgehead atoms. The summed E-state index contributed by atoms with van der Waals surface area (Å²) in [6, 6.07) is 8.93. The number of aliphatic hydroxyl groups is 1. The molecule has 0 fully saturated rings.